The summed E-state index contributed by atoms with van der Waals surface area (Å²) in [6.07, 6.45) is 3.18. The Bertz CT molecular complexity index is 1740. The van der Waals surface area contributed by atoms with Crippen LogP contribution in [0, 0.1) is 6.92 Å². The number of pyridine rings is 1. The number of nitrogens with two attached hydrogens (primary N) is 3. The highest BCUT2D eigenvalue weighted by atomic mass is 32.1. The Morgan fingerprint density at radius 2 is 1.95 bits per heavy atom. The van der Waals surface area contributed by atoms with Crippen LogP contribution in [0.3, 0.4) is 0 Å². The molecule has 0 saturated carbocycles. The SMILES string of the molecule is CC(=O)N1CCCC(NC(=O)c2sc3c(N)ccc4c3c2C(N)C(=O)C4(N)c2ccc(Oc3ccccn3)cc2C)C1. The minimum atomic E-state index is -1.58. The second kappa shape index (κ2) is 10.5. The van der Waals surface area contributed by atoms with Crippen LogP contribution in [0.25, 0.3) is 10.1 Å². The molecule has 1 aliphatic carbocycles. The molecule has 2 amide bonds. The molecule has 2 aromatic carbocycles. The van der Waals surface area contributed by atoms with Crippen LogP contribution in [0.5, 0.6) is 11.6 Å². The zero-order valence-corrected chi connectivity index (χ0v) is 24.2. The lowest BCUT2D eigenvalue weighted by Gasteiger charge is -2.37. The number of nitrogen functional groups attached to an aromatic ring is 1. The lowest BCUT2D eigenvalue weighted by molar-refractivity contribution is -0.130. The zero-order chi connectivity index (χ0) is 29.8. The first kappa shape index (κ1) is 27.8. The number of ether oxygens (including phenoxy) is 1. The second-order valence-corrected chi connectivity index (χ2v) is 11.9. The molecule has 3 heterocycles. The fraction of sp³-hybridized carbons (Fsp3) is 0.290. The van der Waals surface area contributed by atoms with Gasteiger partial charge in [0.05, 0.1) is 15.6 Å². The predicted molar refractivity (Wildman–Crippen MR) is 161 cm³/mol. The minimum Gasteiger partial charge on any atom is -0.439 e. The number of carbonyl (C=O) groups is 3. The van der Waals surface area contributed by atoms with Gasteiger partial charge in [0.1, 0.15) is 11.3 Å². The van der Waals surface area contributed by atoms with E-state index in [1.807, 2.05) is 19.1 Å². The third-order valence-electron chi connectivity index (χ3n) is 8.20. The fourth-order valence-electron chi connectivity index (χ4n) is 6.13. The average Bonchev–Trinajstić information content (AvgIpc) is 3.38. The van der Waals surface area contributed by atoms with E-state index in [1.54, 1.807) is 47.5 Å². The normalized spacial score (nSPS) is 21.8. The van der Waals surface area contributed by atoms with Crippen molar-refractivity contribution in [2.24, 2.45) is 11.5 Å². The molecule has 0 bridgehead atoms. The lowest BCUT2D eigenvalue weighted by atomic mass is 9.69. The molecule has 7 N–H and O–H groups in total. The molecule has 1 aliphatic heterocycles. The van der Waals surface area contributed by atoms with Crippen LogP contribution in [-0.2, 0) is 15.1 Å². The summed E-state index contributed by atoms with van der Waals surface area (Å²) < 4.78 is 6.54. The molecule has 3 unspecified atom stereocenters. The number of Topliss-reactive ketones (excluding diaryl/α,β-unsaturated/α-hetero) is 1. The van der Waals surface area contributed by atoms with Gasteiger partial charge in [-0.1, -0.05) is 18.2 Å². The molecule has 6 rings (SSSR count). The number of hydrogen-bond acceptors (Lipinski definition) is 9. The smallest absolute Gasteiger partial charge is 0.262 e. The van der Waals surface area contributed by atoms with E-state index in [-0.39, 0.29) is 17.9 Å². The number of anilines is 1. The zero-order valence-electron chi connectivity index (χ0n) is 23.3. The van der Waals surface area contributed by atoms with Crippen LogP contribution in [0.1, 0.15) is 57.7 Å². The summed E-state index contributed by atoms with van der Waals surface area (Å²) in [5.41, 5.74) is 21.3. The molecule has 216 valence electrons. The first-order valence-corrected chi connectivity index (χ1v) is 14.6. The van der Waals surface area contributed by atoms with Gasteiger partial charge in [-0.05, 0) is 60.7 Å². The molecular weight excluding hydrogens is 552 g/mol. The first-order chi connectivity index (χ1) is 20.1. The lowest BCUT2D eigenvalue weighted by Crippen LogP contribution is -2.53. The van der Waals surface area contributed by atoms with E-state index in [0.29, 0.717) is 62.1 Å². The molecule has 10 nitrogen and oxygen atoms in total. The number of nitrogens with one attached hydrogen (secondary N) is 1. The molecule has 2 aromatic heterocycles. The van der Waals surface area contributed by atoms with E-state index < -0.39 is 17.4 Å². The Morgan fingerprint density at radius 1 is 1.17 bits per heavy atom. The van der Waals surface area contributed by atoms with Crippen LogP contribution in [0.2, 0.25) is 0 Å². The molecule has 0 radical (unpaired) electrons. The summed E-state index contributed by atoms with van der Waals surface area (Å²) in [5.74, 6) is 0.207. The van der Waals surface area contributed by atoms with Crippen molar-refractivity contribution in [1.29, 1.82) is 0 Å². The Hall–Kier alpha value is -4.32. The quantitative estimate of drug-likeness (QED) is 0.259. The largest absolute Gasteiger partial charge is 0.439 e. The third kappa shape index (κ3) is 4.50. The van der Waals surface area contributed by atoms with Crippen molar-refractivity contribution < 1.29 is 19.1 Å². The number of nitrogens with zero attached hydrogens (tertiary/aromatic N) is 2. The van der Waals surface area contributed by atoms with E-state index in [9.17, 15) is 14.4 Å². The monoisotopic (exact) mass is 584 g/mol. The maximum absolute atomic E-state index is 14.2. The van der Waals surface area contributed by atoms with Gasteiger partial charge in [-0.3, -0.25) is 14.4 Å². The van der Waals surface area contributed by atoms with E-state index in [1.165, 1.54) is 18.3 Å². The van der Waals surface area contributed by atoms with Gasteiger partial charge in [0.2, 0.25) is 11.8 Å². The molecule has 4 aromatic rings. The van der Waals surface area contributed by atoms with Gasteiger partial charge < -0.3 is 32.2 Å². The standard InChI is InChI=1S/C31H32N6O4S/c1-16-14-19(41-23-7-3-4-12-35-23)8-9-20(16)31(34)21-10-11-22(32)27-24(21)25(26(33)29(31)39)28(42-27)30(40)36-18-6-5-13-37(15-18)17(2)38/h3-4,7-12,14,18,26H,5-6,13,15,32-34H2,1-2H3,(H,36,40). The van der Waals surface area contributed by atoms with Gasteiger partial charge in [-0.15, -0.1) is 11.3 Å². The van der Waals surface area contributed by atoms with Gasteiger partial charge >= 0.3 is 0 Å². The Balaban J connectivity index is 1.40. The number of aromatic nitrogens is 1. The minimum absolute atomic E-state index is 0.0261. The van der Waals surface area contributed by atoms with Crippen molar-refractivity contribution in [1.82, 2.24) is 15.2 Å². The molecule has 0 spiro atoms. The summed E-state index contributed by atoms with van der Waals surface area (Å²) in [5, 5.41) is 3.70. The number of amides is 2. The van der Waals surface area contributed by atoms with Gasteiger partial charge in [0, 0.05) is 55.0 Å². The van der Waals surface area contributed by atoms with Crippen molar-refractivity contribution in [2.45, 2.75) is 44.3 Å². The molecule has 1 saturated heterocycles. The van der Waals surface area contributed by atoms with Crippen LogP contribution in [0.15, 0.2) is 54.7 Å². The number of piperidine rings is 1. The van der Waals surface area contributed by atoms with E-state index in [2.05, 4.69) is 10.3 Å². The molecule has 42 heavy (non-hydrogen) atoms. The number of carbonyl (C=O) groups excluding carboxylic acids is 3. The van der Waals surface area contributed by atoms with E-state index in [4.69, 9.17) is 21.9 Å². The molecule has 1 fully saturated rings. The number of benzene rings is 2. The van der Waals surface area contributed by atoms with Gasteiger partial charge in [0.25, 0.3) is 5.91 Å². The predicted octanol–water partition coefficient (Wildman–Crippen LogP) is 3.50. The molecule has 11 heteroatoms. The summed E-state index contributed by atoms with van der Waals surface area (Å²) in [6.45, 7) is 4.49. The number of hydrogen-bond donors (Lipinski definition) is 4. The van der Waals surface area contributed by atoms with Crippen molar-refractivity contribution in [3.8, 4) is 11.6 Å². The van der Waals surface area contributed by atoms with Crippen molar-refractivity contribution >= 4 is 44.7 Å². The van der Waals surface area contributed by atoms with Crippen LogP contribution >= 0.6 is 11.3 Å². The summed E-state index contributed by atoms with van der Waals surface area (Å²) >= 11 is 1.21. The van der Waals surface area contributed by atoms with Crippen LogP contribution in [0.4, 0.5) is 5.69 Å². The molecule has 3 atom stereocenters. The summed E-state index contributed by atoms with van der Waals surface area (Å²) in [6, 6.07) is 12.8. The van der Waals surface area contributed by atoms with E-state index >= 15 is 0 Å². The summed E-state index contributed by atoms with van der Waals surface area (Å²) in [4.78, 5) is 46.0. The Morgan fingerprint density at radius 3 is 2.67 bits per heavy atom. The maximum Gasteiger partial charge on any atom is 0.262 e. The highest BCUT2D eigenvalue weighted by Gasteiger charge is 2.49. The highest BCUT2D eigenvalue weighted by molar-refractivity contribution is 7.21. The average molecular weight is 585 g/mol. The number of ketones is 1. The first-order valence-electron chi connectivity index (χ1n) is 13.8. The van der Waals surface area contributed by atoms with E-state index in [0.717, 1.165) is 18.4 Å². The molecular formula is C31H32N6O4S. The van der Waals surface area contributed by atoms with Crippen LogP contribution < -0.4 is 27.3 Å². The fourth-order valence-corrected chi connectivity index (χ4v) is 7.33. The summed E-state index contributed by atoms with van der Waals surface area (Å²) in [7, 11) is 0. The molecule has 2 aliphatic rings. The maximum atomic E-state index is 14.2. The van der Waals surface area contributed by atoms with Gasteiger partial charge in [0.15, 0.2) is 5.78 Å². The topological polar surface area (TPSA) is 167 Å². The van der Waals surface area contributed by atoms with Gasteiger partial charge in [-0.2, -0.15) is 0 Å². The van der Waals surface area contributed by atoms with Gasteiger partial charge in [-0.25, -0.2) is 4.98 Å². The van der Waals surface area contributed by atoms with Crippen molar-refractivity contribution in [3.63, 3.8) is 0 Å². The van der Waals surface area contributed by atoms with Crippen molar-refractivity contribution in [3.05, 3.63) is 81.9 Å². The number of likely N-dealkylation sites (tertiary alicyclic amines) is 1. The van der Waals surface area contributed by atoms with Crippen molar-refractivity contribution in [2.75, 3.05) is 18.8 Å². The third-order valence-corrected chi connectivity index (χ3v) is 9.46. The van der Waals surface area contributed by atoms with Crippen LogP contribution in [-0.4, -0.2) is 46.6 Å². The Labute approximate surface area is 246 Å². The second-order valence-electron chi connectivity index (χ2n) is 10.9. The number of aryl methyl sites for hydroxylation is 1. The number of rotatable bonds is 5. The highest BCUT2D eigenvalue weighted by Crippen LogP contribution is 2.50. The number of thiophene rings is 1. The Kier molecular flexibility index (Phi) is 6.96.